The number of methoxy groups -OCH3 is 2. The van der Waals surface area contributed by atoms with Crippen LogP contribution < -0.4 is 19.5 Å². The number of carbonyl (C=O) groups is 1. The first-order chi connectivity index (χ1) is 12.4. The first-order valence-corrected chi connectivity index (χ1v) is 8.71. The lowest BCUT2D eigenvalue weighted by Crippen LogP contribution is -2.48. The Balaban J connectivity index is 0.00000261. The van der Waals surface area contributed by atoms with Crippen LogP contribution in [0.1, 0.15) is 19.3 Å². The minimum absolute atomic E-state index is 0. The lowest BCUT2D eigenvalue weighted by atomic mass is 10.1. The van der Waals surface area contributed by atoms with Crippen LogP contribution in [0.4, 0.5) is 8.78 Å². The minimum Gasteiger partial charge on any atom is -0.493 e. The number of halogens is 3. The van der Waals surface area contributed by atoms with Crippen LogP contribution in [-0.2, 0) is 4.79 Å². The van der Waals surface area contributed by atoms with Crippen molar-refractivity contribution < 1.29 is 27.8 Å². The number of likely N-dealkylation sites (tertiary alicyclic amines) is 1. The Bertz CT molecular complexity index is 632. The van der Waals surface area contributed by atoms with Gasteiger partial charge in [-0.15, -0.1) is 12.4 Å². The van der Waals surface area contributed by atoms with E-state index in [1.54, 1.807) is 31.3 Å². The number of ether oxygens (including phenoxy) is 3. The number of piperidine rings is 1. The van der Waals surface area contributed by atoms with Gasteiger partial charge in [-0.2, -0.15) is 0 Å². The number of amides is 1. The maximum atomic E-state index is 13.3. The Labute approximate surface area is 163 Å². The van der Waals surface area contributed by atoms with Gasteiger partial charge in [-0.3, -0.25) is 10.1 Å². The monoisotopic (exact) mass is 406 g/mol. The molecule has 0 bridgehead atoms. The van der Waals surface area contributed by atoms with Crippen molar-refractivity contribution in [3.63, 3.8) is 0 Å². The Morgan fingerprint density at radius 2 is 1.78 bits per heavy atom. The zero-order valence-electron chi connectivity index (χ0n) is 15.4. The fourth-order valence-electron chi connectivity index (χ4n) is 3.40. The molecule has 1 aromatic carbocycles. The molecule has 0 aromatic heterocycles. The average Bonchev–Trinajstić information content (AvgIpc) is 3.01. The second-order valence-corrected chi connectivity index (χ2v) is 6.63. The third-order valence-electron chi connectivity index (χ3n) is 4.83. The SMILES string of the molecule is COc1cccc(OC)c1OC1CCN(C(=O)C2CC(F)(F)CN2)CC1.Cl. The van der Waals surface area contributed by atoms with Crippen molar-refractivity contribution in [1.82, 2.24) is 10.2 Å². The van der Waals surface area contributed by atoms with Gasteiger partial charge in [0.1, 0.15) is 6.10 Å². The molecule has 1 unspecified atom stereocenters. The maximum Gasteiger partial charge on any atom is 0.262 e. The number of nitrogens with zero attached hydrogens (tertiary/aromatic N) is 1. The predicted molar refractivity (Wildman–Crippen MR) is 98.4 cm³/mol. The first-order valence-electron chi connectivity index (χ1n) is 8.71. The fourth-order valence-corrected chi connectivity index (χ4v) is 3.40. The van der Waals surface area contributed by atoms with Gasteiger partial charge in [0, 0.05) is 32.4 Å². The van der Waals surface area contributed by atoms with Crippen LogP contribution in [0.5, 0.6) is 17.2 Å². The molecule has 2 saturated heterocycles. The Morgan fingerprint density at radius 3 is 2.26 bits per heavy atom. The van der Waals surface area contributed by atoms with E-state index in [0.29, 0.717) is 43.2 Å². The lowest BCUT2D eigenvalue weighted by molar-refractivity contribution is -0.135. The van der Waals surface area contributed by atoms with Crippen LogP contribution in [0.15, 0.2) is 18.2 Å². The summed E-state index contributed by atoms with van der Waals surface area (Å²) in [5, 5.41) is 2.62. The summed E-state index contributed by atoms with van der Waals surface area (Å²) in [6.45, 7) is 0.520. The number of nitrogens with one attached hydrogen (secondary N) is 1. The summed E-state index contributed by atoms with van der Waals surface area (Å²) in [4.78, 5) is 14.0. The molecule has 0 spiro atoms. The molecule has 9 heteroatoms. The number of carbonyl (C=O) groups excluding carboxylic acids is 1. The van der Waals surface area contributed by atoms with Crippen molar-refractivity contribution >= 4 is 18.3 Å². The van der Waals surface area contributed by atoms with Crippen molar-refractivity contribution in [1.29, 1.82) is 0 Å². The third kappa shape index (κ3) is 4.93. The van der Waals surface area contributed by atoms with Crippen molar-refractivity contribution in [3.8, 4) is 17.2 Å². The van der Waals surface area contributed by atoms with Gasteiger partial charge in [0.25, 0.3) is 5.92 Å². The highest BCUT2D eigenvalue weighted by molar-refractivity contribution is 5.85. The number of para-hydroxylation sites is 1. The van der Waals surface area contributed by atoms with Gasteiger partial charge in [-0.1, -0.05) is 6.07 Å². The van der Waals surface area contributed by atoms with Crippen LogP contribution in [0.2, 0.25) is 0 Å². The van der Waals surface area contributed by atoms with Gasteiger partial charge in [-0.05, 0) is 12.1 Å². The first kappa shape index (κ1) is 21.5. The molecule has 152 valence electrons. The normalized spacial score (nSPS) is 22.1. The molecule has 0 radical (unpaired) electrons. The molecule has 2 aliphatic heterocycles. The van der Waals surface area contributed by atoms with E-state index < -0.39 is 24.9 Å². The highest BCUT2D eigenvalue weighted by Crippen LogP contribution is 2.38. The maximum absolute atomic E-state index is 13.3. The molecule has 3 rings (SSSR count). The van der Waals surface area contributed by atoms with E-state index >= 15 is 0 Å². The summed E-state index contributed by atoms with van der Waals surface area (Å²) in [6, 6.07) is 4.61. The van der Waals surface area contributed by atoms with E-state index in [4.69, 9.17) is 14.2 Å². The van der Waals surface area contributed by atoms with E-state index in [-0.39, 0.29) is 24.4 Å². The van der Waals surface area contributed by atoms with E-state index in [0.717, 1.165) is 0 Å². The summed E-state index contributed by atoms with van der Waals surface area (Å²) in [5.41, 5.74) is 0. The summed E-state index contributed by atoms with van der Waals surface area (Å²) >= 11 is 0. The second-order valence-electron chi connectivity index (χ2n) is 6.63. The van der Waals surface area contributed by atoms with E-state index in [1.807, 2.05) is 6.07 Å². The van der Waals surface area contributed by atoms with Gasteiger partial charge < -0.3 is 19.1 Å². The molecule has 1 atom stereocenters. The lowest BCUT2D eigenvalue weighted by Gasteiger charge is -2.34. The molecule has 6 nitrogen and oxygen atoms in total. The standard InChI is InChI=1S/C18H24F2N2O4.ClH/c1-24-14-4-3-5-15(25-2)16(14)26-12-6-8-22(9-7-12)17(23)13-10-18(19,20)11-21-13;/h3-5,12-13,21H,6-11H2,1-2H3;1H. The van der Waals surface area contributed by atoms with Gasteiger partial charge in [0.2, 0.25) is 11.7 Å². The summed E-state index contributed by atoms with van der Waals surface area (Å²) in [7, 11) is 3.13. The number of hydrogen-bond donors (Lipinski definition) is 1. The molecule has 2 aliphatic rings. The van der Waals surface area contributed by atoms with E-state index in [1.165, 1.54) is 0 Å². The molecule has 2 fully saturated rings. The van der Waals surface area contributed by atoms with Gasteiger partial charge in [0.15, 0.2) is 11.5 Å². The average molecular weight is 407 g/mol. The van der Waals surface area contributed by atoms with Gasteiger partial charge in [0.05, 0.1) is 26.8 Å². The van der Waals surface area contributed by atoms with Crippen LogP contribution in [0.3, 0.4) is 0 Å². The third-order valence-corrected chi connectivity index (χ3v) is 4.83. The molecule has 0 saturated carbocycles. The Morgan fingerprint density at radius 1 is 1.19 bits per heavy atom. The van der Waals surface area contributed by atoms with Crippen LogP contribution >= 0.6 is 12.4 Å². The molecule has 2 heterocycles. The molecule has 1 aromatic rings. The number of hydrogen-bond acceptors (Lipinski definition) is 5. The Kier molecular flexibility index (Phi) is 7.11. The highest BCUT2D eigenvalue weighted by atomic mass is 35.5. The van der Waals surface area contributed by atoms with Crippen molar-refractivity contribution in [3.05, 3.63) is 18.2 Å². The number of alkyl halides is 2. The molecular weight excluding hydrogens is 382 g/mol. The fraction of sp³-hybridized carbons (Fsp3) is 0.611. The van der Waals surface area contributed by atoms with Gasteiger partial charge >= 0.3 is 0 Å². The van der Waals surface area contributed by atoms with Crippen LogP contribution in [0.25, 0.3) is 0 Å². The van der Waals surface area contributed by atoms with E-state index in [2.05, 4.69) is 5.32 Å². The zero-order valence-corrected chi connectivity index (χ0v) is 16.2. The molecular formula is C18H25ClF2N2O4. The van der Waals surface area contributed by atoms with Crippen molar-refractivity contribution in [2.45, 2.75) is 37.3 Å². The summed E-state index contributed by atoms with van der Waals surface area (Å²) in [6.07, 6.45) is 0.717. The molecule has 1 N–H and O–H groups in total. The molecule has 27 heavy (non-hydrogen) atoms. The Hall–Kier alpha value is -1.80. The van der Waals surface area contributed by atoms with Crippen molar-refractivity contribution in [2.24, 2.45) is 0 Å². The zero-order chi connectivity index (χ0) is 18.7. The topological polar surface area (TPSA) is 60.0 Å². The second kappa shape index (κ2) is 8.93. The van der Waals surface area contributed by atoms with E-state index in [9.17, 15) is 13.6 Å². The van der Waals surface area contributed by atoms with Crippen molar-refractivity contribution in [2.75, 3.05) is 33.9 Å². The highest BCUT2D eigenvalue weighted by Gasteiger charge is 2.44. The number of rotatable bonds is 5. The summed E-state index contributed by atoms with van der Waals surface area (Å²) in [5.74, 6) is -1.35. The largest absolute Gasteiger partial charge is 0.493 e. The smallest absolute Gasteiger partial charge is 0.262 e. The van der Waals surface area contributed by atoms with Crippen LogP contribution in [0, 0.1) is 0 Å². The predicted octanol–water partition coefficient (Wildman–Crippen LogP) is 2.49. The number of benzene rings is 1. The van der Waals surface area contributed by atoms with Crippen LogP contribution in [-0.4, -0.2) is 62.7 Å². The molecule has 0 aliphatic carbocycles. The quantitative estimate of drug-likeness (QED) is 0.814. The molecule has 1 amide bonds. The van der Waals surface area contributed by atoms with Gasteiger partial charge in [-0.25, -0.2) is 8.78 Å². The summed E-state index contributed by atoms with van der Waals surface area (Å²) < 4.78 is 43.3. The minimum atomic E-state index is -2.80.